The molecule has 0 aromatic heterocycles. The van der Waals surface area contributed by atoms with Crippen molar-refractivity contribution in [2.24, 2.45) is 5.90 Å². The standard InChI is InChI=1S/C7H16NO2.C6H7NO2/c1-7(9)10-6-5-8(2,3)4;7-9-6-4-2-1-3-5(6)8/h5-6H2,1-4H3;1-4,8H,7H2/q+1;. The first kappa shape index (κ1) is 17.2. The Morgan fingerprint density at radius 1 is 1.32 bits per heavy atom. The van der Waals surface area contributed by atoms with Crippen molar-refractivity contribution in [3.8, 4) is 11.5 Å². The number of likely N-dealkylation sites (N-methyl/N-ethyl adjacent to an activating group) is 1. The SMILES string of the molecule is CC(=O)OCC[N+](C)(C)C.NOc1ccccc1O. The van der Waals surface area contributed by atoms with Crippen molar-refractivity contribution >= 4 is 5.97 Å². The number of aromatic hydroxyl groups is 1. The van der Waals surface area contributed by atoms with E-state index in [0.717, 1.165) is 11.0 Å². The minimum absolute atomic E-state index is 0.0556. The molecule has 1 aromatic rings. The van der Waals surface area contributed by atoms with E-state index in [4.69, 9.17) is 15.7 Å². The zero-order valence-electron chi connectivity index (χ0n) is 11.9. The molecule has 0 aliphatic heterocycles. The van der Waals surface area contributed by atoms with Crippen LogP contribution >= 0.6 is 0 Å². The molecule has 0 saturated carbocycles. The van der Waals surface area contributed by atoms with E-state index in [2.05, 4.69) is 26.0 Å². The Hall–Kier alpha value is -1.79. The van der Waals surface area contributed by atoms with Crippen molar-refractivity contribution in [1.29, 1.82) is 0 Å². The molecule has 0 aliphatic rings. The second kappa shape index (κ2) is 8.34. The predicted octanol–water partition coefficient (Wildman–Crippen LogP) is 0.900. The molecule has 1 aromatic carbocycles. The van der Waals surface area contributed by atoms with Crippen molar-refractivity contribution in [1.82, 2.24) is 0 Å². The number of phenolic OH excluding ortho intramolecular Hbond substituents is 1. The predicted molar refractivity (Wildman–Crippen MR) is 72.5 cm³/mol. The molecular formula is C13H23N2O4+. The van der Waals surface area contributed by atoms with E-state index in [0.29, 0.717) is 6.61 Å². The van der Waals surface area contributed by atoms with Crippen LogP contribution in [0.25, 0.3) is 0 Å². The zero-order valence-corrected chi connectivity index (χ0v) is 11.9. The molecule has 3 N–H and O–H groups in total. The third-order valence-electron chi connectivity index (χ3n) is 2.06. The number of hydrogen-bond acceptors (Lipinski definition) is 5. The van der Waals surface area contributed by atoms with Crippen LogP contribution in [0.3, 0.4) is 0 Å². The first-order chi connectivity index (χ1) is 8.76. The maximum absolute atomic E-state index is 10.3. The molecule has 1 rings (SSSR count). The Morgan fingerprint density at radius 2 is 1.89 bits per heavy atom. The fourth-order valence-corrected chi connectivity index (χ4v) is 1.02. The van der Waals surface area contributed by atoms with Gasteiger partial charge in [0.2, 0.25) is 0 Å². The van der Waals surface area contributed by atoms with E-state index < -0.39 is 0 Å². The second-order valence-corrected chi connectivity index (χ2v) is 4.94. The summed E-state index contributed by atoms with van der Waals surface area (Å²) in [6.45, 7) is 2.80. The van der Waals surface area contributed by atoms with E-state index in [1.165, 1.54) is 13.0 Å². The third kappa shape index (κ3) is 9.87. The molecule has 0 spiro atoms. The topological polar surface area (TPSA) is 81.8 Å². The number of esters is 1. The average Bonchev–Trinajstić information content (AvgIpc) is 2.28. The van der Waals surface area contributed by atoms with Crippen LogP contribution in [0, 0.1) is 0 Å². The molecule has 0 unspecified atom stereocenters. The van der Waals surface area contributed by atoms with Crippen LogP contribution in [0.5, 0.6) is 11.5 Å². The molecule has 0 bridgehead atoms. The number of rotatable bonds is 4. The average molecular weight is 271 g/mol. The Labute approximate surface area is 113 Å². The van der Waals surface area contributed by atoms with Gasteiger partial charge in [0.05, 0.1) is 21.1 Å². The summed E-state index contributed by atoms with van der Waals surface area (Å²) < 4.78 is 5.59. The Morgan fingerprint density at radius 3 is 2.26 bits per heavy atom. The molecule has 0 saturated heterocycles. The number of carbonyl (C=O) groups excluding carboxylic acids is 1. The maximum Gasteiger partial charge on any atom is 0.302 e. The fourth-order valence-electron chi connectivity index (χ4n) is 1.02. The van der Waals surface area contributed by atoms with Gasteiger partial charge in [-0.3, -0.25) is 4.79 Å². The third-order valence-corrected chi connectivity index (χ3v) is 2.06. The molecule has 0 heterocycles. The Kier molecular flexibility index (Phi) is 7.55. The van der Waals surface area contributed by atoms with Gasteiger partial charge < -0.3 is 19.2 Å². The minimum atomic E-state index is -0.201. The van der Waals surface area contributed by atoms with Gasteiger partial charge in [0.25, 0.3) is 0 Å². The van der Waals surface area contributed by atoms with Gasteiger partial charge in [-0.25, -0.2) is 0 Å². The van der Waals surface area contributed by atoms with Crippen LogP contribution in [0.15, 0.2) is 24.3 Å². The van der Waals surface area contributed by atoms with Crippen LogP contribution in [-0.2, 0) is 9.53 Å². The molecule has 0 radical (unpaired) electrons. The fraction of sp³-hybridized carbons (Fsp3) is 0.462. The van der Waals surface area contributed by atoms with E-state index in [9.17, 15) is 4.79 Å². The van der Waals surface area contributed by atoms with Gasteiger partial charge in [0, 0.05) is 6.92 Å². The van der Waals surface area contributed by atoms with E-state index in [1.54, 1.807) is 18.2 Å². The van der Waals surface area contributed by atoms with Crippen molar-refractivity contribution < 1.29 is 24.0 Å². The minimum Gasteiger partial charge on any atom is -0.504 e. The van der Waals surface area contributed by atoms with Gasteiger partial charge >= 0.3 is 5.97 Å². The van der Waals surface area contributed by atoms with Crippen molar-refractivity contribution in [2.45, 2.75) is 6.92 Å². The van der Waals surface area contributed by atoms with Gasteiger partial charge in [-0.05, 0) is 12.1 Å². The molecule has 0 amide bonds. The van der Waals surface area contributed by atoms with E-state index >= 15 is 0 Å². The van der Waals surface area contributed by atoms with Gasteiger partial charge in [-0.15, -0.1) is 0 Å². The smallest absolute Gasteiger partial charge is 0.302 e. The summed E-state index contributed by atoms with van der Waals surface area (Å²) in [6, 6.07) is 6.50. The molecular weight excluding hydrogens is 248 g/mol. The number of nitrogens with zero attached hydrogens (tertiary/aromatic N) is 1. The number of para-hydroxylation sites is 2. The largest absolute Gasteiger partial charge is 0.504 e. The monoisotopic (exact) mass is 271 g/mol. The van der Waals surface area contributed by atoms with Crippen LogP contribution < -0.4 is 10.7 Å². The highest BCUT2D eigenvalue weighted by Crippen LogP contribution is 2.22. The van der Waals surface area contributed by atoms with Gasteiger partial charge in [0.1, 0.15) is 13.2 Å². The number of nitrogens with two attached hydrogens (primary N) is 1. The lowest BCUT2D eigenvalue weighted by molar-refractivity contribution is -0.870. The van der Waals surface area contributed by atoms with Gasteiger partial charge in [-0.2, -0.15) is 5.90 Å². The molecule has 0 fully saturated rings. The number of carbonyl (C=O) groups is 1. The highest BCUT2D eigenvalue weighted by Gasteiger charge is 2.06. The summed E-state index contributed by atoms with van der Waals surface area (Å²) in [5, 5.41) is 8.91. The van der Waals surface area contributed by atoms with E-state index in [-0.39, 0.29) is 17.5 Å². The van der Waals surface area contributed by atoms with Crippen LogP contribution in [-0.4, -0.2) is 49.9 Å². The highest BCUT2D eigenvalue weighted by molar-refractivity contribution is 5.65. The summed E-state index contributed by atoms with van der Waals surface area (Å²) >= 11 is 0. The summed E-state index contributed by atoms with van der Waals surface area (Å²) in [5.74, 6) is 4.94. The quantitative estimate of drug-likeness (QED) is 0.483. The zero-order chi connectivity index (χ0) is 14.9. The van der Waals surface area contributed by atoms with E-state index in [1.807, 2.05) is 0 Å². The Bertz CT molecular complexity index is 388. The van der Waals surface area contributed by atoms with Gasteiger partial charge in [0.15, 0.2) is 11.5 Å². The van der Waals surface area contributed by atoms with Crippen molar-refractivity contribution in [3.05, 3.63) is 24.3 Å². The second-order valence-electron chi connectivity index (χ2n) is 4.94. The molecule has 0 atom stereocenters. The molecule has 19 heavy (non-hydrogen) atoms. The highest BCUT2D eigenvalue weighted by atomic mass is 16.6. The summed E-state index contributed by atoms with van der Waals surface area (Å²) in [5.41, 5.74) is 0. The lowest BCUT2D eigenvalue weighted by atomic mass is 10.3. The normalized spacial score (nSPS) is 10.2. The van der Waals surface area contributed by atoms with Crippen molar-refractivity contribution in [2.75, 3.05) is 34.3 Å². The lowest BCUT2D eigenvalue weighted by Gasteiger charge is -2.23. The van der Waals surface area contributed by atoms with Crippen LogP contribution in [0.2, 0.25) is 0 Å². The van der Waals surface area contributed by atoms with Crippen LogP contribution in [0.4, 0.5) is 0 Å². The summed E-state index contributed by atoms with van der Waals surface area (Å²) in [4.78, 5) is 14.6. The number of ether oxygens (including phenoxy) is 1. The number of quaternary nitrogens is 1. The molecule has 0 aliphatic carbocycles. The van der Waals surface area contributed by atoms with Crippen molar-refractivity contribution in [3.63, 3.8) is 0 Å². The number of hydrogen-bond donors (Lipinski definition) is 2. The number of phenols is 1. The maximum atomic E-state index is 10.3. The van der Waals surface area contributed by atoms with Crippen LogP contribution in [0.1, 0.15) is 6.92 Å². The first-order valence-corrected chi connectivity index (χ1v) is 5.85. The molecule has 6 nitrogen and oxygen atoms in total. The Balaban J connectivity index is 0.000000342. The molecule has 6 heteroatoms. The molecule has 108 valence electrons. The first-order valence-electron chi connectivity index (χ1n) is 5.85. The lowest BCUT2D eigenvalue weighted by Crippen LogP contribution is -2.37. The summed E-state index contributed by atoms with van der Waals surface area (Å²) in [7, 11) is 6.18. The van der Waals surface area contributed by atoms with Gasteiger partial charge in [-0.1, -0.05) is 12.1 Å². The summed E-state index contributed by atoms with van der Waals surface area (Å²) in [6.07, 6.45) is 0. The number of benzene rings is 1.